The number of fused-ring (bicyclic) bond motifs is 1. The number of benzene rings is 1. The summed E-state index contributed by atoms with van der Waals surface area (Å²) in [5.74, 6) is 6.89. The van der Waals surface area contributed by atoms with Gasteiger partial charge in [0, 0.05) is 51.0 Å². The summed E-state index contributed by atoms with van der Waals surface area (Å²) < 4.78 is 40.4. The van der Waals surface area contributed by atoms with Gasteiger partial charge < -0.3 is 25.2 Å². The van der Waals surface area contributed by atoms with Crippen LogP contribution in [0.5, 0.6) is 5.75 Å². The van der Waals surface area contributed by atoms with Gasteiger partial charge in [-0.3, -0.25) is 4.90 Å². The van der Waals surface area contributed by atoms with Gasteiger partial charge in [-0.25, -0.2) is 9.97 Å². The second-order valence-corrected chi connectivity index (χ2v) is 10.2. The topological polar surface area (TPSA) is 138 Å². The fraction of sp³-hybridized carbons (Fsp3) is 0.357. The van der Waals surface area contributed by atoms with Crippen LogP contribution in [0.4, 0.5) is 30.5 Å². The molecule has 12 nitrogen and oxygen atoms in total. The minimum Gasteiger partial charge on any atom is -0.507 e. The number of nitrogens with two attached hydrogens (primary N) is 1. The average molecular weight is 592 g/mol. The van der Waals surface area contributed by atoms with E-state index in [1.165, 1.54) is 0 Å². The van der Waals surface area contributed by atoms with Crippen LogP contribution in [-0.4, -0.2) is 84.2 Å². The molecule has 0 spiro atoms. The molecule has 4 aromatic rings. The quantitative estimate of drug-likeness (QED) is 0.339. The van der Waals surface area contributed by atoms with Gasteiger partial charge in [-0.15, -0.1) is 20.4 Å². The highest BCUT2D eigenvalue weighted by Gasteiger charge is 2.39. The van der Waals surface area contributed by atoms with E-state index < -0.39 is 12.0 Å². The Hall–Kier alpha value is -4.97. The second-order valence-electron chi connectivity index (χ2n) is 10.2. The third kappa shape index (κ3) is 6.14. The molecule has 15 heteroatoms. The molecule has 6 rings (SSSR count). The molecule has 3 aromatic heterocycles. The molecule has 0 unspecified atom stereocenters. The number of aromatic nitrogens is 7. The monoisotopic (exact) mass is 591 g/mol. The highest BCUT2D eigenvalue weighted by Crippen LogP contribution is 2.32. The zero-order valence-electron chi connectivity index (χ0n) is 23.0. The van der Waals surface area contributed by atoms with Crippen LogP contribution >= 0.6 is 0 Å². The van der Waals surface area contributed by atoms with Gasteiger partial charge in [-0.1, -0.05) is 18.1 Å². The lowest BCUT2D eigenvalue weighted by Gasteiger charge is -2.26. The first-order valence-corrected chi connectivity index (χ1v) is 13.7. The molecule has 0 saturated carbocycles. The van der Waals surface area contributed by atoms with Gasteiger partial charge in [0.05, 0.1) is 24.5 Å². The standard InChI is InChI=1S/C28H28F3N11O/c29-28(30,31)27-38-36-25-18-39(13-16-42(25)27)10-3-7-23-33-9-8-24(34-23)41-12-4-11-40(14-15-41)21-17-20(35-37-26(21)32)19-5-1-2-6-22(19)43/h1-2,5-6,8-9,17,43H,4,10-16,18H2,(H2,32,37). The second kappa shape index (κ2) is 11.7. The molecule has 0 aliphatic carbocycles. The van der Waals surface area contributed by atoms with Crippen molar-refractivity contribution in [3.05, 3.63) is 60.1 Å². The van der Waals surface area contributed by atoms with Crippen molar-refractivity contribution in [1.29, 1.82) is 0 Å². The smallest absolute Gasteiger partial charge is 0.451 e. The summed E-state index contributed by atoms with van der Waals surface area (Å²) >= 11 is 0. The van der Waals surface area contributed by atoms with Crippen LogP contribution in [0.1, 0.15) is 23.9 Å². The van der Waals surface area contributed by atoms with Gasteiger partial charge in [-0.2, -0.15) is 13.2 Å². The fourth-order valence-electron chi connectivity index (χ4n) is 5.22. The maximum absolute atomic E-state index is 13.1. The van der Waals surface area contributed by atoms with Crippen molar-refractivity contribution < 1.29 is 18.3 Å². The Labute approximate surface area is 245 Å². The van der Waals surface area contributed by atoms with E-state index in [1.807, 2.05) is 23.1 Å². The highest BCUT2D eigenvalue weighted by molar-refractivity contribution is 5.74. The number of alkyl halides is 3. The minimum absolute atomic E-state index is 0.122. The maximum Gasteiger partial charge on any atom is 0.451 e. The molecule has 2 aliphatic heterocycles. The van der Waals surface area contributed by atoms with Crippen LogP contribution in [0.25, 0.3) is 11.3 Å². The van der Waals surface area contributed by atoms with Gasteiger partial charge in [0.15, 0.2) is 5.82 Å². The minimum atomic E-state index is -4.53. The fourth-order valence-corrected chi connectivity index (χ4v) is 5.22. The molecule has 0 amide bonds. The van der Waals surface area contributed by atoms with Crippen LogP contribution in [0.3, 0.4) is 0 Å². The van der Waals surface area contributed by atoms with E-state index >= 15 is 0 Å². The van der Waals surface area contributed by atoms with Gasteiger partial charge in [0.2, 0.25) is 11.6 Å². The number of hydrogen-bond acceptors (Lipinski definition) is 11. The van der Waals surface area contributed by atoms with E-state index in [4.69, 9.17) is 5.73 Å². The lowest BCUT2D eigenvalue weighted by Crippen LogP contribution is -2.35. The molecule has 43 heavy (non-hydrogen) atoms. The van der Waals surface area contributed by atoms with Crippen molar-refractivity contribution >= 4 is 17.3 Å². The Bertz CT molecular complexity index is 1680. The SMILES string of the molecule is Nc1nnc(-c2ccccc2O)cc1N1CCCN(c2ccnc(C#CCN3CCn4c(nnc4C(F)(F)F)C3)n2)CC1. The predicted molar refractivity (Wildman–Crippen MR) is 152 cm³/mol. The molecular weight excluding hydrogens is 563 g/mol. The maximum atomic E-state index is 13.1. The number of nitrogens with zero attached hydrogens (tertiary/aromatic N) is 10. The number of hydrogen-bond donors (Lipinski definition) is 2. The number of rotatable bonds is 4. The van der Waals surface area contributed by atoms with Gasteiger partial charge in [0.25, 0.3) is 0 Å². The van der Waals surface area contributed by atoms with Crippen LogP contribution in [0.2, 0.25) is 0 Å². The summed E-state index contributed by atoms with van der Waals surface area (Å²) in [5.41, 5.74) is 8.10. The third-order valence-electron chi connectivity index (χ3n) is 7.37. The summed E-state index contributed by atoms with van der Waals surface area (Å²) in [7, 11) is 0. The van der Waals surface area contributed by atoms with Crippen LogP contribution < -0.4 is 15.5 Å². The molecule has 1 fully saturated rings. The van der Waals surface area contributed by atoms with E-state index in [2.05, 4.69) is 52.0 Å². The number of nitrogen functional groups attached to an aromatic ring is 1. The highest BCUT2D eigenvalue weighted by atomic mass is 19.4. The predicted octanol–water partition coefficient (Wildman–Crippen LogP) is 2.42. The van der Waals surface area contributed by atoms with E-state index in [0.29, 0.717) is 49.1 Å². The molecule has 0 bridgehead atoms. The summed E-state index contributed by atoms with van der Waals surface area (Å²) in [5, 5.41) is 25.6. The number of anilines is 3. The van der Waals surface area contributed by atoms with Crippen molar-refractivity contribution in [1.82, 2.24) is 39.8 Å². The van der Waals surface area contributed by atoms with Crippen molar-refractivity contribution in [2.75, 3.05) is 54.8 Å². The number of aromatic hydroxyl groups is 1. The first-order valence-electron chi connectivity index (χ1n) is 13.7. The van der Waals surface area contributed by atoms with Gasteiger partial charge >= 0.3 is 6.18 Å². The molecule has 1 aromatic carbocycles. The molecule has 5 heterocycles. The lowest BCUT2D eigenvalue weighted by molar-refractivity contribution is -0.148. The van der Waals surface area contributed by atoms with E-state index in [-0.39, 0.29) is 24.7 Å². The Morgan fingerprint density at radius 3 is 2.58 bits per heavy atom. The number of phenols is 1. The number of halogens is 3. The molecule has 0 atom stereocenters. The summed E-state index contributed by atoms with van der Waals surface area (Å²) in [6.45, 7) is 3.97. The number of para-hydroxylation sites is 1. The molecule has 0 radical (unpaired) electrons. The summed E-state index contributed by atoms with van der Waals surface area (Å²) in [6, 6.07) is 10.7. The Morgan fingerprint density at radius 2 is 1.74 bits per heavy atom. The zero-order chi connectivity index (χ0) is 30.0. The average Bonchev–Trinajstić information content (AvgIpc) is 3.28. The Kier molecular flexibility index (Phi) is 7.68. The molecular formula is C28H28F3N11O. The summed E-state index contributed by atoms with van der Waals surface area (Å²) in [4.78, 5) is 15.2. The molecule has 1 saturated heterocycles. The van der Waals surface area contributed by atoms with E-state index in [0.717, 1.165) is 35.6 Å². The van der Waals surface area contributed by atoms with Crippen molar-refractivity contribution in [2.24, 2.45) is 0 Å². The first kappa shape index (κ1) is 28.2. The van der Waals surface area contributed by atoms with E-state index in [9.17, 15) is 18.3 Å². The Morgan fingerprint density at radius 1 is 0.930 bits per heavy atom. The van der Waals surface area contributed by atoms with Gasteiger partial charge in [0.1, 0.15) is 17.4 Å². The molecule has 2 aliphatic rings. The lowest BCUT2D eigenvalue weighted by atomic mass is 10.1. The van der Waals surface area contributed by atoms with Crippen molar-refractivity contribution in [3.63, 3.8) is 0 Å². The van der Waals surface area contributed by atoms with Crippen LogP contribution in [-0.2, 0) is 19.3 Å². The van der Waals surface area contributed by atoms with Gasteiger partial charge in [-0.05, 0) is 36.6 Å². The summed E-state index contributed by atoms with van der Waals surface area (Å²) in [6.07, 6.45) is -2.02. The zero-order valence-corrected chi connectivity index (χ0v) is 23.0. The normalized spacial score (nSPS) is 15.9. The van der Waals surface area contributed by atoms with E-state index in [1.54, 1.807) is 24.4 Å². The van der Waals surface area contributed by atoms with Crippen LogP contribution in [0.15, 0.2) is 42.6 Å². The largest absolute Gasteiger partial charge is 0.507 e. The Balaban J connectivity index is 1.09. The van der Waals surface area contributed by atoms with Crippen molar-refractivity contribution in [3.8, 4) is 28.8 Å². The number of phenolic OH excluding ortho intramolecular Hbond substituents is 1. The third-order valence-corrected chi connectivity index (χ3v) is 7.37. The molecule has 3 N–H and O–H groups in total. The first-order chi connectivity index (χ1) is 20.8. The van der Waals surface area contributed by atoms with Crippen LogP contribution in [0, 0.1) is 11.8 Å². The van der Waals surface area contributed by atoms with Crippen molar-refractivity contribution in [2.45, 2.75) is 25.7 Å². The molecule has 222 valence electrons.